The third kappa shape index (κ3) is 4.59. The third-order valence-electron chi connectivity index (χ3n) is 6.29. The van der Waals surface area contributed by atoms with E-state index >= 15 is 0 Å². The second-order valence-electron chi connectivity index (χ2n) is 9.32. The lowest BCUT2D eigenvalue weighted by Gasteiger charge is -2.03. The summed E-state index contributed by atoms with van der Waals surface area (Å²) in [6.07, 6.45) is 0. The van der Waals surface area contributed by atoms with Gasteiger partial charge in [-0.25, -0.2) is 0 Å². The smallest absolute Gasteiger partial charge is 0.0149 e. The summed E-state index contributed by atoms with van der Waals surface area (Å²) in [5.74, 6) is 1.18. The molecule has 0 heteroatoms. The van der Waals surface area contributed by atoms with Crippen molar-refractivity contribution >= 4 is 0 Å². The van der Waals surface area contributed by atoms with Gasteiger partial charge in [-0.15, -0.1) is 0 Å². The maximum atomic E-state index is 2.34. The summed E-state index contributed by atoms with van der Waals surface area (Å²) in [7, 11) is 0. The quantitative estimate of drug-likeness (QED) is 0.317. The van der Waals surface area contributed by atoms with E-state index in [1.165, 1.54) is 55.6 Å². The summed E-state index contributed by atoms with van der Waals surface area (Å²) >= 11 is 0. The van der Waals surface area contributed by atoms with E-state index in [0.29, 0.717) is 11.8 Å². The Labute approximate surface area is 183 Å². The van der Waals surface area contributed by atoms with Crippen LogP contribution in [0.4, 0.5) is 0 Å². The molecule has 156 valence electrons. The molecule has 0 aromatic heterocycles. The van der Waals surface area contributed by atoms with Crippen LogP contribution in [0.1, 0.15) is 72.9 Å². The molecule has 30 heavy (non-hydrogen) atoms. The average Bonchev–Trinajstić information content (AvgIpc) is 3.11. The summed E-state index contributed by atoms with van der Waals surface area (Å²) in [6.45, 7) is 17.7. The topological polar surface area (TPSA) is 0 Å². The molecule has 0 bridgehead atoms. The predicted octanol–water partition coefficient (Wildman–Crippen LogP) is 9.06. The van der Waals surface area contributed by atoms with Crippen LogP contribution >= 0.6 is 0 Å². The van der Waals surface area contributed by atoms with Crippen LogP contribution < -0.4 is 0 Å². The Kier molecular flexibility index (Phi) is 6.66. The molecular formula is C30H36. The summed E-state index contributed by atoms with van der Waals surface area (Å²) in [4.78, 5) is 0. The van der Waals surface area contributed by atoms with Crippen molar-refractivity contribution in [3.8, 4) is 22.3 Å². The van der Waals surface area contributed by atoms with Gasteiger partial charge in [-0.1, -0.05) is 88.4 Å². The molecule has 0 nitrogen and oxygen atoms in total. The maximum absolute atomic E-state index is 2.34. The zero-order chi connectivity index (χ0) is 22.0. The minimum atomic E-state index is 0.592. The zero-order valence-corrected chi connectivity index (χ0v) is 19.9. The number of hydrogen-bond acceptors (Lipinski definition) is 0. The summed E-state index contributed by atoms with van der Waals surface area (Å²) < 4.78 is 0. The first-order valence-electron chi connectivity index (χ1n) is 11.2. The largest absolute Gasteiger partial charge is 0.0587 e. The van der Waals surface area contributed by atoms with Gasteiger partial charge in [0.2, 0.25) is 0 Å². The van der Waals surface area contributed by atoms with E-state index in [-0.39, 0.29) is 0 Å². The summed E-state index contributed by atoms with van der Waals surface area (Å²) in [5, 5.41) is 0. The number of hydrogen-bond donors (Lipinski definition) is 0. The molecular weight excluding hydrogens is 360 g/mol. The van der Waals surface area contributed by atoms with Gasteiger partial charge in [0.1, 0.15) is 0 Å². The van der Waals surface area contributed by atoms with Gasteiger partial charge in [0, 0.05) is 0 Å². The first kappa shape index (κ1) is 22.1. The van der Waals surface area contributed by atoms with Crippen LogP contribution in [0.15, 0.2) is 60.7 Å². The highest BCUT2D eigenvalue weighted by Gasteiger charge is 2.10. The monoisotopic (exact) mass is 396 g/mol. The van der Waals surface area contributed by atoms with Crippen LogP contribution in [0.5, 0.6) is 0 Å². The molecule has 0 atom stereocenters. The van der Waals surface area contributed by atoms with Gasteiger partial charge in [0.15, 0.2) is 0 Å². The molecule has 0 aromatic rings. The van der Waals surface area contributed by atoms with Crippen molar-refractivity contribution in [3.05, 3.63) is 94.0 Å². The highest BCUT2D eigenvalue weighted by Crippen LogP contribution is 2.33. The standard InChI is InChI=1S/2C15H18/c2*1-10(2)13-7-5-11(3)14-8-6-12(4)15(14)9-13/h2*5-10H,1-4H3. The Morgan fingerprint density at radius 3 is 1.03 bits per heavy atom. The number of fused-ring (bicyclic) bond motifs is 2. The minimum Gasteiger partial charge on any atom is -0.0587 e. The van der Waals surface area contributed by atoms with Crippen molar-refractivity contribution in [2.75, 3.05) is 0 Å². The van der Waals surface area contributed by atoms with Crippen molar-refractivity contribution in [2.24, 2.45) is 0 Å². The summed E-state index contributed by atoms with van der Waals surface area (Å²) in [6, 6.07) is 22.5. The van der Waals surface area contributed by atoms with Crippen LogP contribution in [-0.4, -0.2) is 0 Å². The van der Waals surface area contributed by atoms with Gasteiger partial charge in [-0.05, 0) is 95.2 Å². The number of aryl methyl sites for hydroxylation is 4. The van der Waals surface area contributed by atoms with E-state index < -0.39 is 0 Å². The second kappa shape index (κ2) is 9.04. The molecule has 0 amide bonds. The van der Waals surface area contributed by atoms with Crippen LogP contribution in [-0.2, 0) is 0 Å². The molecule has 0 spiro atoms. The van der Waals surface area contributed by atoms with Crippen molar-refractivity contribution in [1.82, 2.24) is 0 Å². The molecule has 4 aliphatic carbocycles. The molecule has 4 rings (SSSR count). The second-order valence-corrected chi connectivity index (χ2v) is 9.32. The molecule has 4 aliphatic rings. The number of rotatable bonds is 2. The van der Waals surface area contributed by atoms with Crippen molar-refractivity contribution in [2.45, 2.75) is 67.2 Å². The van der Waals surface area contributed by atoms with Crippen LogP contribution in [0, 0.1) is 27.7 Å². The van der Waals surface area contributed by atoms with Crippen molar-refractivity contribution in [3.63, 3.8) is 0 Å². The van der Waals surface area contributed by atoms with Gasteiger partial charge < -0.3 is 0 Å². The van der Waals surface area contributed by atoms with E-state index in [2.05, 4.69) is 116 Å². The Morgan fingerprint density at radius 2 is 0.700 bits per heavy atom. The van der Waals surface area contributed by atoms with Crippen molar-refractivity contribution < 1.29 is 0 Å². The molecule has 0 aromatic carbocycles. The highest BCUT2D eigenvalue weighted by atomic mass is 14.1. The molecule has 0 unspecified atom stereocenters. The van der Waals surface area contributed by atoms with Crippen LogP contribution in [0.3, 0.4) is 0 Å². The van der Waals surface area contributed by atoms with Gasteiger partial charge in [-0.2, -0.15) is 0 Å². The van der Waals surface area contributed by atoms with Gasteiger partial charge in [0.25, 0.3) is 0 Å². The van der Waals surface area contributed by atoms with Crippen molar-refractivity contribution in [1.29, 1.82) is 0 Å². The molecule has 0 N–H and O–H groups in total. The van der Waals surface area contributed by atoms with Gasteiger partial charge >= 0.3 is 0 Å². The fraction of sp³-hybridized carbons (Fsp3) is 0.333. The first-order chi connectivity index (χ1) is 14.2. The molecule has 0 heterocycles. The Hall–Kier alpha value is -2.60. The molecule has 0 saturated heterocycles. The SMILES string of the molecule is Cc1ccc(C(C)C)cc2c(C)ccc1-2.Cc1ccc(C(C)C)cc2c(C)ccc1-2. The summed E-state index contributed by atoms with van der Waals surface area (Å²) in [5.41, 5.74) is 13.9. The van der Waals surface area contributed by atoms with Crippen LogP contribution in [0.25, 0.3) is 22.3 Å². The fourth-order valence-corrected chi connectivity index (χ4v) is 4.04. The normalized spacial score (nSPS) is 11.3. The minimum absolute atomic E-state index is 0.592. The van der Waals surface area contributed by atoms with E-state index in [1.54, 1.807) is 0 Å². The molecule has 0 aliphatic heterocycles. The zero-order valence-electron chi connectivity index (χ0n) is 19.9. The van der Waals surface area contributed by atoms with Gasteiger partial charge in [0.05, 0.1) is 0 Å². The van der Waals surface area contributed by atoms with E-state index in [1.807, 2.05) is 0 Å². The average molecular weight is 397 g/mol. The van der Waals surface area contributed by atoms with E-state index in [9.17, 15) is 0 Å². The third-order valence-corrected chi connectivity index (χ3v) is 6.29. The highest BCUT2D eigenvalue weighted by molar-refractivity contribution is 5.74. The lowest BCUT2D eigenvalue weighted by atomic mass is 10.0. The predicted molar refractivity (Wildman–Crippen MR) is 133 cm³/mol. The van der Waals surface area contributed by atoms with E-state index in [0.717, 1.165) is 0 Å². The van der Waals surface area contributed by atoms with E-state index in [4.69, 9.17) is 0 Å². The molecule has 0 fully saturated rings. The maximum Gasteiger partial charge on any atom is -0.0149 e. The lowest BCUT2D eigenvalue weighted by Crippen LogP contribution is -1.83. The van der Waals surface area contributed by atoms with Gasteiger partial charge in [-0.3, -0.25) is 0 Å². The first-order valence-corrected chi connectivity index (χ1v) is 11.2. The lowest BCUT2D eigenvalue weighted by molar-refractivity contribution is 0.868. The fourth-order valence-electron chi connectivity index (χ4n) is 4.04. The van der Waals surface area contributed by atoms with Crippen LogP contribution in [0.2, 0.25) is 0 Å². The Morgan fingerprint density at radius 1 is 0.400 bits per heavy atom. The Balaban J connectivity index is 0.000000171. The Bertz CT molecular complexity index is 993. The molecule has 0 radical (unpaired) electrons. The molecule has 0 saturated carbocycles.